The molecule has 0 bridgehead atoms. The van der Waals surface area contributed by atoms with Gasteiger partial charge in [-0.05, 0) is 69.1 Å². The lowest BCUT2D eigenvalue weighted by molar-refractivity contribution is 0.175. The van der Waals surface area contributed by atoms with Crippen molar-refractivity contribution in [3.63, 3.8) is 0 Å². The monoisotopic (exact) mass is 307 g/mol. The molecule has 0 radical (unpaired) electrons. The number of piperidine rings is 1. The number of anilines is 1. The minimum atomic E-state index is 0.677. The van der Waals surface area contributed by atoms with E-state index in [0.717, 1.165) is 30.6 Å². The van der Waals surface area contributed by atoms with E-state index in [1.807, 2.05) is 6.07 Å². The van der Waals surface area contributed by atoms with Gasteiger partial charge in [0.1, 0.15) is 0 Å². The van der Waals surface area contributed by atoms with Crippen molar-refractivity contribution in [1.82, 2.24) is 4.90 Å². The second kappa shape index (κ2) is 6.99. The van der Waals surface area contributed by atoms with Gasteiger partial charge in [-0.3, -0.25) is 4.90 Å². The molecule has 2 aliphatic heterocycles. The molecule has 2 saturated heterocycles. The summed E-state index contributed by atoms with van der Waals surface area (Å²) in [4.78, 5) is 5.22. The zero-order chi connectivity index (χ0) is 14.7. The van der Waals surface area contributed by atoms with E-state index in [1.165, 1.54) is 50.0 Å². The molecular weight excluding hydrogens is 282 g/mol. The highest BCUT2D eigenvalue weighted by Crippen LogP contribution is 2.29. The van der Waals surface area contributed by atoms with Gasteiger partial charge in [0, 0.05) is 29.8 Å². The number of rotatable bonds is 4. The molecule has 21 heavy (non-hydrogen) atoms. The van der Waals surface area contributed by atoms with Crippen LogP contribution >= 0.6 is 11.6 Å². The molecule has 2 N–H and O–H groups in total. The van der Waals surface area contributed by atoms with Crippen LogP contribution in [0.1, 0.15) is 31.2 Å². The van der Waals surface area contributed by atoms with Crippen LogP contribution < -0.4 is 10.6 Å². The van der Waals surface area contributed by atoms with Gasteiger partial charge in [-0.15, -0.1) is 0 Å². The van der Waals surface area contributed by atoms with Crippen LogP contribution in [0, 0.1) is 0 Å². The number of benzene rings is 1. The molecule has 1 aromatic carbocycles. The van der Waals surface area contributed by atoms with Gasteiger partial charge in [-0.2, -0.15) is 0 Å². The van der Waals surface area contributed by atoms with E-state index < -0.39 is 0 Å². The quantitative estimate of drug-likeness (QED) is 0.928. The summed E-state index contributed by atoms with van der Waals surface area (Å²) in [5.41, 5.74) is 8.39. The lowest BCUT2D eigenvalue weighted by atomic mass is 10.1. The maximum atomic E-state index is 6.14. The summed E-state index contributed by atoms with van der Waals surface area (Å²) < 4.78 is 0. The van der Waals surface area contributed by atoms with E-state index in [4.69, 9.17) is 17.3 Å². The Balaban J connectivity index is 1.70. The molecule has 0 spiro atoms. The number of hydrogen-bond acceptors (Lipinski definition) is 3. The van der Waals surface area contributed by atoms with Gasteiger partial charge in [0.15, 0.2) is 0 Å². The smallest absolute Gasteiger partial charge is 0.0410 e. The molecule has 1 unspecified atom stereocenters. The third-order valence-corrected chi connectivity index (χ3v) is 5.10. The summed E-state index contributed by atoms with van der Waals surface area (Å²) in [5.74, 6) is 0. The first kappa shape index (κ1) is 15.1. The molecule has 0 amide bonds. The molecule has 2 fully saturated rings. The van der Waals surface area contributed by atoms with Gasteiger partial charge in [0.2, 0.25) is 0 Å². The predicted octanol–water partition coefficient (Wildman–Crippen LogP) is 2.91. The fourth-order valence-electron chi connectivity index (χ4n) is 3.76. The molecule has 1 atom stereocenters. The average molecular weight is 308 g/mol. The minimum Gasteiger partial charge on any atom is -0.370 e. The van der Waals surface area contributed by atoms with E-state index in [1.54, 1.807) is 0 Å². The first-order valence-corrected chi connectivity index (χ1v) is 8.63. The molecule has 0 aliphatic carbocycles. The van der Waals surface area contributed by atoms with Crippen LogP contribution in [0.5, 0.6) is 0 Å². The molecule has 4 heteroatoms. The summed E-state index contributed by atoms with van der Waals surface area (Å²) in [7, 11) is 0. The summed E-state index contributed by atoms with van der Waals surface area (Å²) in [6.07, 6.45) is 6.34. The Morgan fingerprint density at radius 3 is 2.71 bits per heavy atom. The Morgan fingerprint density at radius 2 is 1.95 bits per heavy atom. The third-order valence-electron chi connectivity index (χ3n) is 4.87. The largest absolute Gasteiger partial charge is 0.370 e. The zero-order valence-corrected chi connectivity index (χ0v) is 13.5. The van der Waals surface area contributed by atoms with Crippen LogP contribution in [0.4, 0.5) is 5.69 Å². The predicted molar refractivity (Wildman–Crippen MR) is 90.3 cm³/mol. The number of halogens is 1. The van der Waals surface area contributed by atoms with Crippen LogP contribution in [0.15, 0.2) is 18.2 Å². The topological polar surface area (TPSA) is 32.5 Å². The van der Waals surface area contributed by atoms with E-state index >= 15 is 0 Å². The molecule has 2 heterocycles. The van der Waals surface area contributed by atoms with Crippen molar-refractivity contribution < 1.29 is 0 Å². The van der Waals surface area contributed by atoms with E-state index in [2.05, 4.69) is 21.9 Å². The number of nitrogens with zero attached hydrogens (tertiary/aromatic N) is 2. The van der Waals surface area contributed by atoms with Crippen molar-refractivity contribution in [3.05, 3.63) is 28.8 Å². The molecular formula is C17H26ClN3. The summed E-state index contributed by atoms with van der Waals surface area (Å²) in [6.45, 7) is 5.56. The summed E-state index contributed by atoms with van der Waals surface area (Å²) in [5, 5.41) is 0.814. The van der Waals surface area contributed by atoms with E-state index in [0.29, 0.717) is 6.54 Å². The van der Waals surface area contributed by atoms with E-state index in [9.17, 15) is 0 Å². The normalized spacial score (nSPS) is 23.7. The molecule has 3 rings (SSSR count). The first-order chi connectivity index (χ1) is 10.3. The Kier molecular flexibility index (Phi) is 5.04. The van der Waals surface area contributed by atoms with Crippen molar-refractivity contribution in [3.8, 4) is 0 Å². The number of hydrogen-bond donors (Lipinski definition) is 1. The summed E-state index contributed by atoms with van der Waals surface area (Å²) in [6, 6.07) is 6.99. The lowest BCUT2D eigenvalue weighted by Gasteiger charge is -2.32. The number of likely N-dealkylation sites (tertiary alicyclic amines) is 1. The van der Waals surface area contributed by atoms with Gasteiger partial charge in [0.25, 0.3) is 0 Å². The highest BCUT2D eigenvalue weighted by molar-refractivity contribution is 6.30. The Morgan fingerprint density at radius 1 is 1.14 bits per heavy atom. The highest BCUT2D eigenvalue weighted by atomic mass is 35.5. The molecule has 3 nitrogen and oxygen atoms in total. The fourth-order valence-corrected chi connectivity index (χ4v) is 3.96. The zero-order valence-electron chi connectivity index (χ0n) is 12.7. The Bertz CT molecular complexity index is 471. The standard InChI is InChI=1S/C17H26ClN3/c18-15-4-5-17(14(12-15)6-8-19)21-11-7-16(13-21)20-9-2-1-3-10-20/h4-5,12,16H,1-3,6-11,13,19H2. The van der Waals surface area contributed by atoms with Crippen molar-refractivity contribution in [1.29, 1.82) is 0 Å². The SMILES string of the molecule is NCCc1cc(Cl)ccc1N1CCC(N2CCCCC2)C1. The van der Waals surface area contributed by atoms with E-state index in [-0.39, 0.29) is 0 Å². The van der Waals surface area contributed by atoms with Crippen molar-refractivity contribution in [2.75, 3.05) is 37.6 Å². The van der Waals surface area contributed by atoms with Crippen LogP contribution in [-0.4, -0.2) is 43.7 Å². The second-order valence-electron chi connectivity index (χ2n) is 6.30. The van der Waals surface area contributed by atoms with Gasteiger partial charge < -0.3 is 10.6 Å². The first-order valence-electron chi connectivity index (χ1n) is 8.25. The van der Waals surface area contributed by atoms with Crippen LogP contribution in [0.3, 0.4) is 0 Å². The van der Waals surface area contributed by atoms with Gasteiger partial charge in [-0.25, -0.2) is 0 Å². The Hall–Kier alpha value is -0.770. The van der Waals surface area contributed by atoms with Crippen LogP contribution in [-0.2, 0) is 6.42 Å². The fraction of sp³-hybridized carbons (Fsp3) is 0.647. The second-order valence-corrected chi connectivity index (χ2v) is 6.73. The number of nitrogens with two attached hydrogens (primary N) is 1. The Labute approximate surface area is 133 Å². The van der Waals surface area contributed by atoms with Gasteiger partial charge in [0.05, 0.1) is 0 Å². The van der Waals surface area contributed by atoms with Crippen molar-refractivity contribution in [2.24, 2.45) is 5.73 Å². The maximum absolute atomic E-state index is 6.14. The third kappa shape index (κ3) is 3.53. The lowest BCUT2D eigenvalue weighted by Crippen LogP contribution is -2.41. The summed E-state index contributed by atoms with van der Waals surface area (Å²) >= 11 is 6.14. The molecule has 0 aromatic heterocycles. The van der Waals surface area contributed by atoms with Crippen molar-refractivity contribution in [2.45, 2.75) is 38.1 Å². The molecule has 1 aromatic rings. The molecule has 2 aliphatic rings. The van der Waals surface area contributed by atoms with Crippen molar-refractivity contribution >= 4 is 17.3 Å². The highest BCUT2D eigenvalue weighted by Gasteiger charge is 2.29. The van der Waals surface area contributed by atoms with Gasteiger partial charge >= 0.3 is 0 Å². The minimum absolute atomic E-state index is 0.677. The van der Waals surface area contributed by atoms with Crippen LogP contribution in [0.2, 0.25) is 5.02 Å². The average Bonchev–Trinajstić information content (AvgIpc) is 2.98. The van der Waals surface area contributed by atoms with Gasteiger partial charge in [-0.1, -0.05) is 18.0 Å². The molecule has 116 valence electrons. The molecule has 0 saturated carbocycles. The van der Waals surface area contributed by atoms with Crippen LogP contribution in [0.25, 0.3) is 0 Å². The maximum Gasteiger partial charge on any atom is 0.0410 e.